The van der Waals surface area contributed by atoms with E-state index in [4.69, 9.17) is 9.47 Å². The van der Waals surface area contributed by atoms with Crippen LogP contribution in [0.2, 0.25) is 0 Å². The molecule has 0 aliphatic carbocycles. The zero-order chi connectivity index (χ0) is 17.2. The molecule has 6 heteroatoms. The molecule has 0 unspecified atom stereocenters. The number of carbonyl (C=O) groups excluding carboxylic acids is 3. The van der Waals surface area contributed by atoms with Crippen LogP contribution in [0.25, 0.3) is 0 Å². The Morgan fingerprint density at radius 1 is 0.667 bits per heavy atom. The third-order valence-corrected chi connectivity index (χ3v) is 2.92. The monoisotopic (exact) mass is 328 g/mol. The standard InChI is InChI=1S/C18H16O6/c19-16(22-11-14-7-3-1-4-8-14)12-23-17(20)13-24-18(21)15-9-5-2-6-10-15/h1-10H,11-13H2. The van der Waals surface area contributed by atoms with Crippen molar-refractivity contribution in [3.05, 3.63) is 71.8 Å². The zero-order valence-corrected chi connectivity index (χ0v) is 12.8. The van der Waals surface area contributed by atoms with Gasteiger partial charge in [-0.05, 0) is 17.7 Å². The molecule has 0 saturated carbocycles. The average Bonchev–Trinajstić information content (AvgIpc) is 2.64. The fraction of sp³-hybridized carbons (Fsp3) is 0.167. The van der Waals surface area contributed by atoms with Crippen molar-refractivity contribution in [3.8, 4) is 0 Å². The molecule has 0 fully saturated rings. The van der Waals surface area contributed by atoms with Crippen LogP contribution < -0.4 is 0 Å². The maximum Gasteiger partial charge on any atom is 0.344 e. The summed E-state index contributed by atoms with van der Waals surface area (Å²) >= 11 is 0. The Morgan fingerprint density at radius 3 is 1.88 bits per heavy atom. The van der Waals surface area contributed by atoms with E-state index in [1.807, 2.05) is 30.3 Å². The summed E-state index contributed by atoms with van der Waals surface area (Å²) in [6.07, 6.45) is 0. The fourth-order valence-electron chi connectivity index (χ4n) is 1.74. The summed E-state index contributed by atoms with van der Waals surface area (Å²) in [7, 11) is 0. The van der Waals surface area contributed by atoms with E-state index < -0.39 is 31.1 Å². The van der Waals surface area contributed by atoms with Crippen molar-refractivity contribution in [1.82, 2.24) is 0 Å². The third kappa shape index (κ3) is 5.92. The highest BCUT2D eigenvalue weighted by atomic mass is 16.6. The van der Waals surface area contributed by atoms with Gasteiger partial charge in [0.05, 0.1) is 5.56 Å². The van der Waals surface area contributed by atoms with Crippen LogP contribution in [0.5, 0.6) is 0 Å². The largest absolute Gasteiger partial charge is 0.458 e. The summed E-state index contributed by atoms with van der Waals surface area (Å²) in [6, 6.07) is 17.4. The predicted molar refractivity (Wildman–Crippen MR) is 83.9 cm³/mol. The molecule has 2 aromatic rings. The van der Waals surface area contributed by atoms with Crippen molar-refractivity contribution < 1.29 is 28.6 Å². The van der Waals surface area contributed by atoms with Gasteiger partial charge in [0.1, 0.15) is 6.61 Å². The zero-order valence-electron chi connectivity index (χ0n) is 12.8. The Bertz CT molecular complexity index is 681. The van der Waals surface area contributed by atoms with Crippen molar-refractivity contribution in [2.24, 2.45) is 0 Å². The molecule has 0 aromatic heterocycles. The lowest BCUT2D eigenvalue weighted by molar-refractivity contribution is -0.161. The lowest BCUT2D eigenvalue weighted by atomic mass is 10.2. The van der Waals surface area contributed by atoms with Gasteiger partial charge in [-0.1, -0.05) is 48.5 Å². The lowest BCUT2D eigenvalue weighted by Crippen LogP contribution is -2.21. The van der Waals surface area contributed by atoms with E-state index in [0.29, 0.717) is 5.56 Å². The molecule has 0 radical (unpaired) electrons. The molecule has 0 heterocycles. The molecule has 24 heavy (non-hydrogen) atoms. The Balaban J connectivity index is 1.64. The summed E-state index contributed by atoms with van der Waals surface area (Å²) in [5.41, 5.74) is 1.15. The van der Waals surface area contributed by atoms with E-state index >= 15 is 0 Å². The molecule has 0 aliphatic heterocycles. The average molecular weight is 328 g/mol. The smallest absolute Gasteiger partial charge is 0.344 e. The van der Waals surface area contributed by atoms with Crippen LogP contribution in [0.15, 0.2) is 60.7 Å². The van der Waals surface area contributed by atoms with Gasteiger partial charge in [-0.2, -0.15) is 0 Å². The fourth-order valence-corrected chi connectivity index (χ4v) is 1.74. The molecule has 0 aliphatic rings. The molecule has 6 nitrogen and oxygen atoms in total. The summed E-state index contributed by atoms with van der Waals surface area (Å²) in [6.45, 7) is -1.01. The normalized spacial score (nSPS) is 9.83. The quantitative estimate of drug-likeness (QED) is 0.572. The van der Waals surface area contributed by atoms with Gasteiger partial charge >= 0.3 is 17.9 Å². The number of esters is 3. The second-order valence-corrected chi connectivity index (χ2v) is 4.75. The van der Waals surface area contributed by atoms with Crippen LogP contribution in [0.4, 0.5) is 0 Å². The molecule has 0 amide bonds. The van der Waals surface area contributed by atoms with E-state index in [2.05, 4.69) is 4.74 Å². The van der Waals surface area contributed by atoms with Gasteiger partial charge in [-0.15, -0.1) is 0 Å². The number of hydrogen-bond acceptors (Lipinski definition) is 6. The molecule has 2 rings (SSSR count). The van der Waals surface area contributed by atoms with Gasteiger partial charge in [0, 0.05) is 0 Å². The van der Waals surface area contributed by atoms with Crippen LogP contribution in [0.1, 0.15) is 15.9 Å². The summed E-state index contributed by atoms with van der Waals surface area (Å²) < 4.78 is 14.4. The van der Waals surface area contributed by atoms with E-state index in [1.54, 1.807) is 30.3 Å². The Kier molecular flexibility index (Phi) is 6.52. The molecule has 0 spiro atoms. The van der Waals surface area contributed by atoms with E-state index in [9.17, 15) is 14.4 Å². The van der Waals surface area contributed by atoms with Gasteiger partial charge in [0.2, 0.25) is 0 Å². The molecule has 124 valence electrons. The van der Waals surface area contributed by atoms with Crippen molar-refractivity contribution in [2.75, 3.05) is 13.2 Å². The van der Waals surface area contributed by atoms with E-state index in [1.165, 1.54) is 0 Å². The third-order valence-electron chi connectivity index (χ3n) is 2.92. The van der Waals surface area contributed by atoms with Crippen LogP contribution in [0.3, 0.4) is 0 Å². The highest BCUT2D eigenvalue weighted by Gasteiger charge is 2.12. The van der Waals surface area contributed by atoms with Crippen LogP contribution >= 0.6 is 0 Å². The molecule has 2 aromatic carbocycles. The van der Waals surface area contributed by atoms with Crippen molar-refractivity contribution in [2.45, 2.75) is 6.61 Å². The molecular formula is C18H16O6. The number of hydrogen-bond donors (Lipinski definition) is 0. The molecular weight excluding hydrogens is 312 g/mol. The first kappa shape index (κ1) is 17.2. The number of rotatable bonds is 7. The van der Waals surface area contributed by atoms with Crippen molar-refractivity contribution >= 4 is 17.9 Å². The number of benzene rings is 2. The highest BCUT2D eigenvalue weighted by molar-refractivity contribution is 5.90. The SMILES string of the molecule is O=C(COC(=O)COC(=O)c1ccccc1)OCc1ccccc1. The summed E-state index contributed by atoms with van der Waals surface area (Å²) in [5.74, 6) is -2.14. The van der Waals surface area contributed by atoms with Gasteiger partial charge in [-0.25, -0.2) is 14.4 Å². The van der Waals surface area contributed by atoms with Crippen LogP contribution in [-0.4, -0.2) is 31.1 Å². The van der Waals surface area contributed by atoms with Gasteiger partial charge in [0.25, 0.3) is 0 Å². The Morgan fingerprint density at radius 2 is 1.21 bits per heavy atom. The van der Waals surface area contributed by atoms with Crippen molar-refractivity contribution in [1.29, 1.82) is 0 Å². The molecule has 0 N–H and O–H groups in total. The molecule has 0 bridgehead atoms. The van der Waals surface area contributed by atoms with Crippen LogP contribution in [0, 0.1) is 0 Å². The highest BCUT2D eigenvalue weighted by Crippen LogP contribution is 2.02. The second-order valence-electron chi connectivity index (χ2n) is 4.75. The molecule has 0 saturated heterocycles. The second kappa shape index (κ2) is 9.09. The maximum atomic E-state index is 11.6. The summed E-state index contributed by atoms with van der Waals surface area (Å²) in [4.78, 5) is 34.5. The minimum Gasteiger partial charge on any atom is -0.458 e. The molecule has 0 atom stereocenters. The topological polar surface area (TPSA) is 78.9 Å². The van der Waals surface area contributed by atoms with Gasteiger partial charge < -0.3 is 14.2 Å². The van der Waals surface area contributed by atoms with Crippen LogP contribution in [-0.2, 0) is 30.4 Å². The van der Waals surface area contributed by atoms with E-state index in [0.717, 1.165) is 5.56 Å². The number of carbonyl (C=O) groups is 3. The first-order valence-electron chi connectivity index (χ1n) is 7.22. The summed E-state index contributed by atoms with van der Waals surface area (Å²) in [5, 5.41) is 0. The van der Waals surface area contributed by atoms with Gasteiger partial charge in [-0.3, -0.25) is 0 Å². The first-order chi connectivity index (χ1) is 11.6. The minimum atomic E-state index is -0.823. The number of ether oxygens (including phenoxy) is 3. The lowest BCUT2D eigenvalue weighted by Gasteiger charge is -2.07. The minimum absolute atomic E-state index is 0.0974. The Labute approximate surface area is 139 Å². The predicted octanol–water partition coefficient (Wildman–Crippen LogP) is 2.13. The van der Waals surface area contributed by atoms with E-state index in [-0.39, 0.29) is 6.61 Å². The Hall–Kier alpha value is -3.15. The van der Waals surface area contributed by atoms with Crippen molar-refractivity contribution in [3.63, 3.8) is 0 Å². The van der Waals surface area contributed by atoms with Gasteiger partial charge in [0.15, 0.2) is 13.2 Å². The first-order valence-corrected chi connectivity index (χ1v) is 7.22. The maximum absolute atomic E-state index is 11.6.